The van der Waals surface area contributed by atoms with Gasteiger partial charge in [-0.15, -0.1) is 0 Å². The molecule has 1 fully saturated rings. The van der Waals surface area contributed by atoms with Crippen LogP contribution in [0.5, 0.6) is 0 Å². The highest BCUT2D eigenvalue weighted by atomic mass is 19.1. The zero-order chi connectivity index (χ0) is 19.8. The Kier molecular flexibility index (Phi) is 4.35. The van der Waals surface area contributed by atoms with E-state index in [0.717, 1.165) is 28.3 Å². The lowest BCUT2D eigenvalue weighted by molar-refractivity contribution is -0.125. The molecule has 1 saturated heterocycles. The number of carbonyl (C=O) groups excluding carboxylic acids is 2. The van der Waals surface area contributed by atoms with Crippen LogP contribution in [0.3, 0.4) is 0 Å². The van der Waals surface area contributed by atoms with Crippen LogP contribution < -0.4 is 0 Å². The smallest absolute Gasteiger partial charge is 0.318 e. The molecule has 140 valence electrons. The van der Waals surface area contributed by atoms with Crippen molar-refractivity contribution in [3.05, 3.63) is 65.6 Å². The molecule has 0 aliphatic carbocycles. The van der Waals surface area contributed by atoms with Crippen molar-refractivity contribution in [3.8, 4) is 11.1 Å². The van der Waals surface area contributed by atoms with Gasteiger partial charge in [0.05, 0.1) is 17.8 Å². The van der Waals surface area contributed by atoms with Crippen LogP contribution in [-0.4, -0.2) is 46.5 Å². The van der Waals surface area contributed by atoms with Crippen LogP contribution >= 0.6 is 0 Å². The summed E-state index contributed by atoms with van der Waals surface area (Å²) in [5, 5.41) is 8.42. The molecule has 28 heavy (non-hydrogen) atoms. The van der Waals surface area contributed by atoms with Crippen LogP contribution in [0.15, 0.2) is 48.5 Å². The van der Waals surface area contributed by atoms with Crippen molar-refractivity contribution in [1.82, 2.24) is 14.8 Å². The van der Waals surface area contributed by atoms with E-state index in [1.54, 1.807) is 25.2 Å². The second kappa shape index (κ2) is 6.84. The maximum absolute atomic E-state index is 13.3. The summed E-state index contributed by atoms with van der Waals surface area (Å²) in [4.78, 5) is 31.2. The maximum atomic E-state index is 13.3. The number of benzene rings is 2. The van der Waals surface area contributed by atoms with Crippen molar-refractivity contribution < 1.29 is 14.0 Å². The fourth-order valence-electron chi connectivity index (χ4n) is 3.34. The number of nitrogens with zero attached hydrogens (tertiary/aromatic N) is 3. The Morgan fingerprint density at radius 2 is 1.89 bits per heavy atom. The number of likely N-dealkylation sites (N-methyl/N-ethyl adjacent to an activating group) is 1. The molecule has 4 rings (SSSR count). The van der Waals surface area contributed by atoms with Gasteiger partial charge in [0.1, 0.15) is 12.4 Å². The molecular weight excluding hydrogens is 359 g/mol. The molecule has 2 aromatic carbocycles. The number of urea groups is 1. The average molecular weight is 376 g/mol. The van der Waals surface area contributed by atoms with Crippen LogP contribution in [-0.2, 0) is 11.3 Å². The van der Waals surface area contributed by atoms with E-state index in [1.807, 2.05) is 18.2 Å². The number of hydrogen-bond donors (Lipinski definition) is 1. The first kappa shape index (κ1) is 17.8. The molecule has 0 bridgehead atoms. The van der Waals surface area contributed by atoms with Gasteiger partial charge in [-0.3, -0.25) is 9.69 Å². The number of pyridine rings is 1. The van der Waals surface area contributed by atoms with Gasteiger partial charge in [-0.2, -0.15) is 0 Å². The molecule has 6 nitrogen and oxygen atoms in total. The molecule has 0 unspecified atom stereocenters. The second-order valence-corrected chi connectivity index (χ2v) is 6.72. The van der Waals surface area contributed by atoms with Crippen molar-refractivity contribution in [2.24, 2.45) is 0 Å². The number of imide groups is 1. The summed E-state index contributed by atoms with van der Waals surface area (Å²) >= 11 is 0. The number of nitrogens with one attached hydrogen (secondary N) is 1. The SMILES string of the molecule is CN1CC(=O)N(Cc2ccc3c(-c4ccc(F)cc4)cc(C=N)nc3c2)C1=O. The molecule has 0 atom stereocenters. The summed E-state index contributed by atoms with van der Waals surface area (Å²) in [5.41, 5.74) is 3.53. The zero-order valence-electron chi connectivity index (χ0n) is 15.1. The molecular formula is C21H17FN4O2. The van der Waals surface area contributed by atoms with E-state index in [0.29, 0.717) is 11.2 Å². The number of halogens is 1. The molecule has 0 spiro atoms. The van der Waals surface area contributed by atoms with Crippen molar-refractivity contribution in [1.29, 1.82) is 5.41 Å². The lowest BCUT2D eigenvalue weighted by atomic mass is 9.99. The van der Waals surface area contributed by atoms with E-state index in [1.165, 1.54) is 21.9 Å². The van der Waals surface area contributed by atoms with Crippen molar-refractivity contribution in [2.45, 2.75) is 6.54 Å². The lowest BCUT2D eigenvalue weighted by Gasteiger charge is -2.15. The fraction of sp³-hybridized carbons (Fsp3) is 0.143. The maximum Gasteiger partial charge on any atom is 0.327 e. The van der Waals surface area contributed by atoms with Crippen LogP contribution in [0.2, 0.25) is 0 Å². The van der Waals surface area contributed by atoms with Gasteiger partial charge in [0, 0.05) is 18.6 Å². The first-order valence-corrected chi connectivity index (χ1v) is 8.72. The summed E-state index contributed by atoms with van der Waals surface area (Å²) in [6.07, 6.45) is 1.15. The Balaban J connectivity index is 1.77. The fourth-order valence-corrected chi connectivity index (χ4v) is 3.34. The monoisotopic (exact) mass is 376 g/mol. The molecule has 7 heteroatoms. The van der Waals surface area contributed by atoms with E-state index >= 15 is 0 Å². The summed E-state index contributed by atoms with van der Waals surface area (Å²) in [6, 6.07) is 13.1. The third kappa shape index (κ3) is 3.11. The van der Waals surface area contributed by atoms with Crippen LogP contribution in [0.25, 0.3) is 22.0 Å². The summed E-state index contributed by atoms with van der Waals surface area (Å²) < 4.78 is 13.3. The van der Waals surface area contributed by atoms with E-state index in [2.05, 4.69) is 4.98 Å². The quantitative estimate of drug-likeness (QED) is 0.560. The third-order valence-corrected chi connectivity index (χ3v) is 4.77. The lowest BCUT2D eigenvalue weighted by Crippen LogP contribution is -2.31. The van der Waals surface area contributed by atoms with E-state index in [9.17, 15) is 14.0 Å². The van der Waals surface area contributed by atoms with Gasteiger partial charge in [0.15, 0.2) is 0 Å². The predicted octanol–water partition coefficient (Wildman–Crippen LogP) is 3.43. The Morgan fingerprint density at radius 3 is 2.54 bits per heavy atom. The van der Waals surface area contributed by atoms with Crippen LogP contribution in [0, 0.1) is 11.2 Å². The Hall–Kier alpha value is -3.61. The van der Waals surface area contributed by atoms with Gasteiger partial charge in [0.2, 0.25) is 0 Å². The van der Waals surface area contributed by atoms with Crippen molar-refractivity contribution in [2.75, 3.05) is 13.6 Å². The summed E-state index contributed by atoms with van der Waals surface area (Å²) in [7, 11) is 1.59. The molecule has 1 aliphatic heterocycles. The average Bonchev–Trinajstić information content (AvgIpc) is 2.93. The predicted molar refractivity (Wildman–Crippen MR) is 104 cm³/mol. The minimum absolute atomic E-state index is 0.0807. The third-order valence-electron chi connectivity index (χ3n) is 4.77. The highest BCUT2D eigenvalue weighted by Crippen LogP contribution is 2.29. The van der Waals surface area contributed by atoms with Crippen LogP contribution in [0.1, 0.15) is 11.3 Å². The molecule has 2 heterocycles. The first-order chi connectivity index (χ1) is 13.5. The Morgan fingerprint density at radius 1 is 1.14 bits per heavy atom. The number of amides is 3. The number of hydrogen-bond acceptors (Lipinski definition) is 4. The number of fused-ring (bicyclic) bond motifs is 1. The number of carbonyl (C=O) groups is 2. The van der Waals surface area contributed by atoms with Gasteiger partial charge in [-0.25, -0.2) is 14.2 Å². The summed E-state index contributed by atoms with van der Waals surface area (Å²) in [6.45, 7) is 0.248. The van der Waals surface area contributed by atoms with E-state index in [-0.39, 0.29) is 30.8 Å². The van der Waals surface area contributed by atoms with E-state index < -0.39 is 0 Å². The largest absolute Gasteiger partial charge is 0.327 e. The van der Waals surface area contributed by atoms with Crippen molar-refractivity contribution in [3.63, 3.8) is 0 Å². The molecule has 0 radical (unpaired) electrons. The summed E-state index contributed by atoms with van der Waals surface area (Å²) in [5.74, 6) is -0.553. The number of aromatic nitrogens is 1. The molecule has 3 aromatic rings. The minimum Gasteiger partial charge on any atom is -0.318 e. The van der Waals surface area contributed by atoms with Gasteiger partial charge in [-0.1, -0.05) is 24.3 Å². The van der Waals surface area contributed by atoms with Crippen LogP contribution in [0.4, 0.5) is 9.18 Å². The molecule has 3 amide bonds. The topological polar surface area (TPSA) is 77.4 Å². The van der Waals surface area contributed by atoms with Crippen molar-refractivity contribution >= 4 is 29.1 Å². The second-order valence-electron chi connectivity index (χ2n) is 6.72. The normalized spacial score (nSPS) is 14.2. The zero-order valence-corrected chi connectivity index (χ0v) is 15.1. The standard InChI is InChI=1S/C21H17FN4O2/c1-25-12-20(27)26(21(25)28)11-13-2-7-17-18(14-3-5-15(22)6-4-14)9-16(10-23)24-19(17)8-13/h2-10,23H,11-12H2,1H3. The Labute approximate surface area is 160 Å². The molecule has 1 aromatic heterocycles. The van der Waals surface area contributed by atoms with Gasteiger partial charge >= 0.3 is 6.03 Å². The van der Waals surface area contributed by atoms with Gasteiger partial charge < -0.3 is 10.3 Å². The minimum atomic E-state index is -0.321. The van der Waals surface area contributed by atoms with E-state index in [4.69, 9.17) is 5.41 Å². The molecule has 0 saturated carbocycles. The highest BCUT2D eigenvalue weighted by Gasteiger charge is 2.33. The molecule has 1 N–H and O–H groups in total. The highest BCUT2D eigenvalue weighted by molar-refractivity contribution is 6.02. The van der Waals surface area contributed by atoms with Gasteiger partial charge in [-0.05, 0) is 41.0 Å². The molecule has 1 aliphatic rings. The first-order valence-electron chi connectivity index (χ1n) is 8.72. The van der Waals surface area contributed by atoms with Gasteiger partial charge in [0.25, 0.3) is 5.91 Å². The number of rotatable bonds is 4. The Bertz CT molecular complexity index is 1110.